The number of halogens is 4. The van der Waals surface area contributed by atoms with E-state index in [0.29, 0.717) is 19.2 Å². The summed E-state index contributed by atoms with van der Waals surface area (Å²) in [5.74, 6) is -1.82. The van der Waals surface area contributed by atoms with Crippen molar-refractivity contribution >= 4 is 22.4 Å². The maximum Gasteiger partial charge on any atom is 0.387 e. The van der Waals surface area contributed by atoms with Crippen molar-refractivity contribution in [1.82, 2.24) is 9.62 Å². The van der Waals surface area contributed by atoms with E-state index in [0.717, 1.165) is 12.1 Å². The van der Waals surface area contributed by atoms with Crippen molar-refractivity contribution in [2.45, 2.75) is 24.5 Å². The first-order chi connectivity index (χ1) is 9.82. The van der Waals surface area contributed by atoms with Crippen molar-refractivity contribution in [3.05, 3.63) is 24.0 Å². The third-order valence-electron chi connectivity index (χ3n) is 3.17. The van der Waals surface area contributed by atoms with Crippen LogP contribution in [-0.2, 0) is 10.0 Å². The fraction of sp³-hybridized carbons (Fsp3) is 0.500. The van der Waals surface area contributed by atoms with Crippen LogP contribution < -0.4 is 10.1 Å². The molecule has 1 aromatic rings. The van der Waals surface area contributed by atoms with E-state index < -0.39 is 28.2 Å². The maximum absolute atomic E-state index is 13.7. The second kappa shape index (κ2) is 7.49. The number of hydrogen-bond donors (Lipinski definition) is 1. The molecular formula is C12H16ClF3N2O3S. The van der Waals surface area contributed by atoms with E-state index in [9.17, 15) is 21.6 Å². The van der Waals surface area contributed by atoms with Gasteiger partial charge in [0, 0.05) is 25.7 Å². The molecule has 0 bridgehead atoms. The zero-order valence-electron chi connectivity index (χ0n) is 11.6. The minimum atomic E-state index is -3.87. The summed E-state index contributed by atoms with van der Waals surface area (Å²) < 4.78 is 67.8. The standard InChI is InChI=1S/C12H15F3N2O3S.ClH/c1-8-7-16-4-5-17(8)21(18,19)9-2-3-11(10(13)6-9)20-12(14)15;/h2-3,6,8,12,16H,4-5,7H2,1H3;1H. The summed E-state index contributed by atoms with van der Waals surface area (Å²) in [4.78, 5) is -0.282. The molecule has 0 spiro atoms. The molecule has 0 radical (unpaired) electrons. The van der Waals surface area contributed by atoms with Crippen molar-refractivity contribution < 1.29 is 26.3 Å². The van der Waals surface area contributed by atoms with Crippen molar-refractivity contribution in [2.75, 3.05) is 19.6 Å². The molecule has 1 aromatic carbocycles. The first-order valence-corrected chi connectivity index (χ1v) is 7.73. The van der Waals surface area contributed by atoms with Gasteiger partial charge in [-0.3, -0.25) is 0 Å². The number of benzene rings is 1. The second-order valence-electron chi connectivity index (χ2n) is 4.64. The Labute approximate surface area is 132 Å². The predicted octanol–water partition coefficient (Wildman–Crippen LogP) is 1.83. The number of alkyl halides is 2. The SMILES string of the molecule is CC1CNCCN1S(=O)(=O)c1ccc(OC(F)F)c(F)c1.Cl. The van der Waals surface area contributed by atoms with E-state index in [4.69, 9.17) is 0 Å². The van der Waals surface area contributed by atoms with Crippen LogP contribution in [0.3, 0.4) is 0 Å². The van der Waals surface area contributed by atoms with Gasteiger partial charge in [0.25, 0.3) is 0 Å². The molecule has 0 aromatic heterocycles. The minimum absolute atomic E-state index is 0. The summed E-state index contributed by atoms with van der Waals surface area (Å²) in [6, 6.07) is 2.37. The summed E-state index contributed by atoms with van der Waals surface area (Å²) >= 11 is 0. The van der Waals surface area contributed by atoms with Gasteiger partial charge in [-0.2, -0.15) is 13.1 Å². The van der Waals surface area contributed by atoms with Gasteiger partial charge in [-0.15, -0.1) is 12.4 Å². The first-order valence-electron chi connectivity index (χ1n) is 6.29. The zero-order chi connectivity index (χ0) is 15.6. The largest absolute Gasteiger partial charge is 0.432 e. The molecule has 10 heteroatoms. The molecule has 1 atom stereocenters. The van der Waals surface area contributed by atoms with E-state index in [1.165, 1.54) is 4.31 Å². The van der Waals surface area contributed by atoms with E-state index in [-0.39, 0.29) is 29.9 Å². The minimum Gasteiger partial charge on any atom is -0.432 e. The second-order valence-corrected chi connectivity index (χ2v) is 6.53. The number of sulfonamides is 1. The van der Waals surface area contributed by atoms with Crippen LogP contribution in [0.1, 0.15) is 6.92 Å². The lowest BCUT2D eigenvalue weighted by Crippen LogP contribution is -2.52. The van der Waals surface area contributed by atoms with Crippen LogP contribution in [0.5, 0.6) is 5.75 Å². The Bertz CT molecular complexity index is 616. The van der Waals surface area contributed by atoms with Gasteiger partial charge in [0.15, 0.2) is 11.6 Å². The van der Waals surface area contributed by atoms with Crippen molar-refractivity contribution in [1.29, 1.82) is 0 Å². The average molecular weight is 361 g/mol. The van der Waals surface area contributed by atoms with Gasteiger partial charge in [-0.1, -0.05) is 0 Å². The van der Waals surface area contributed by atoms with Crippen LogP contribution in [0, 0.1) is 5.82 Å². The molecule has 1 fully saturated rings. The molecule has 1 saturated heterocycles. The highest BCUT2D eigenvalue weighted by molar-refractivity contribution is 7.89. The van der Waals surface area contributed by atoms with E-state index in [1.807, 2.05) is 0 Å². The Morgan fingerprint density at radius 3 is 2.64 bits per heavy atom. The number of ether oxygens (including phenoxy) is 1. The third-order valence-corrected chi connectivity index (χ3v) is 5.18. The fourth-order valence-electron chi connectivity index (χ4n) is 2.15. The average Bonchev–Trinajstić information content (AvgIpc) is 2.40. The molecule has 22 heavy (non-hydrogen) atoms. The fourth-order valence-corrected chi connectivity index (χ4v) is 3.79. The Hall–Kier alpha value is -1.03. The summed E-state index contributed by atoms with van der Waals surface area (Å²) in [7, 11) is -3.87. The highest BCUT2D eigenvalue weighted by Crippen LogP contribution is 2.25. The van der Waals surface area contributed by atoms with E-state index in [2.05, 4.69) is 10.1 Å². The molecule has 0 amide bonds. The highest BCUT2D eigenvalue weighted by Gasteiger charge is 2.31. The molecule has 1 unspecified atom stereocenters. The lowest BCUT2D eigenvalue weighted by Gasteiger charge is -2.32. The van der Waals surface area contributed by atoms with Crippen LogP contribution in [0.15, 0.2) is 23.1 Å². The highest BCUT2D eigenvalue weighted by atomic mass is 35.5. The molecule has 0 saturated carbocycles. The van der Waals surface area contributed by atoms with Crippen molar-refractivity contribution in [3.63, 3.8) is 0 Å². The third kappa shape index (κ3) is 4.03. The Morgan fingerprint density at radius 2 is 2.09 bits per heavy atom. The molecule has 5 nitrogen and oxygen atoms in total. The number of nitrogens with one attached hydrogen (secondary N) is 1. The molecule has 1 N–H and O–H groups in total. The quantitative estimate of drug-likeness (QED) is 0.890. The number of piperazine rings is 1. The summed E-state index contributed by atoms with van der Waals surface area (Å²) in [6.07, 6.45) is 0. The van der Waals surface area contributed by atoms with Gasteiger partial charge in [0.05, 0.1) is 4.90 Å². The Morgan fingerprint density at radius 1 is 1.41 bits per heavy atom. The van der Waals surface area contributed by atoms with Gasteiger partial charge >= 0.3 is 6.61 Å². The molecule has 1 aliphatic heterocycles. The van der Waals surface area contributed by atoms with Crippen molar-refractivity contribution in [3.8, 4) is 5.75 Å². The summed E-state index contributed by atoms with van der Waals surface area (Å²) in [6.45, 7) is -0.183. The maximum atomic E-state index is 13.7. The Balaban J connectivity index is 0.00000242. The molecular weight excluding hydrogens is 345 g/mol. The lowest BCUT2D eigenvalue weighted by atomic mass is 10.3. The monoisotopic (exact) mass is 360 g/mol. The van der Waals surface area contributed by atoms with Gasteiger partial charge in [-0.05, 0) is 25.1 Å². The van der Waals surface area contributed by atoms with Gasteiger partial charge in [-0.25, -0.2) is 12.8 Å². The summed E-state index contributed by atoms with van der Waals surface area (Å²) in [5, 5.41) is 3.05. The van der Waals surface area contributed by atoms with Crippen LogP contribution >= 0.6 is 12.4 Å². The van der Waals surface area contributed by atoms with Crippen LogP contribution in [0.2, 0.25) is 0 Å². The van der Waals surface area contributed by atoms with Gasteiger partial charge < -0.3 is 10.1 Å². The molecule has 1 aliphatic rings. The lowest BCUT2D eigenvalue weighted by molar-refractivity contribution is -0.0522. The molecule has 0 aliphatic carbocycles. The predicted molar refractivity (Wildman–Crippen MR) is 76.5 cm³/mol. The van der Waals surface area contributed by atoms with Crippen LogP contribution in [-0.4, -0.2) is 45.0 Å². The van der Waals surface area contributed by atoms with E-state index >= 15 is 0 Å². The van der Waals surface area contributed by atoms with E-state index in [1.54, 1.807) is 6.92 Å². The Kier molecular flexibility index (Phi) is 6.48. The molecule has 2 rings (SSSR count). The normalized spacial score (nSPS) is 19.8. The molecule has 126 valence electrons. The smallest absolute Gasteiger partial charge is 0.387 e. The summed E-state index contributed by atoms with van der Waals surface area (Å²) in [5.41, 5.74) is 0. The number of rotatable bonds is 4. The van der Waals surface area contributed by atoms with Gasteiger partial charge in [0.2, 0.25) is 10.0 Å². The number of nitrogens with zero attached hydrogens (tertiary/aromatic N) is 1. The van der Waals surface area contributed by atoms with Crippen LogP contribution in [0.4, 0.5) is 13.2 Å². The van der Waals surface area contributed by atoms with Crippen molar-refractivity contribution in [2.24, 2.45) is 0 Å². The first kappa shape index (κ1) is 19.0. The van der Waals surface area contributed by atoms with Gasteiger partial charge in [0.1, 0.15) is 0 Å². The number of hydrogen-bond acceptors (Lipinski definition) is 4. The zero-order valence-corrected chi connectivity index (χ0v) is 13.3. The topological polar surface area (TPSA) is 58.6 Å². The van der Waals surface area contributed by atoms with Crippen LogP contribution in [0.25, 0.3) is 0 Å². The molecule has 1 heterocycles.